The molecule has 0 fully saturated rings. The van der Waals surface area contributed by atoms with Crippen LogP contribution in [0.15, 0.2) is 33.8 Å². The standard InChI is InChI=1S/C18H24N4O2S/c1-5-9-22(10-6-2)14-7-8-15(13(3)11-14)19-20-18-21(4)16(12-25-18)17(23)24/h7-8,11-12H,5-6,9-10H2,1-4H3/p+1. The zero-order valence-electron chi connectivity index (χ0n) is 15.2. The van der Waals surface area contributed by atoms with Crippen LogP contribution in [0.2, 0.25) is 0 Å². The van der Waals surface area contributed by atoms with Crippen molar-refractivity contribution in [1.29, 1.82) is 0 Å². The average Bonchev–Trinajstić information content (AvgIpc) is 2.94. The number of aromatic nitrogens is 1. The van der Waals surface area contributed by atoms with E-state index in [1.807, 2.05) is 13.0 Å². The minimum absolute atomic E-state index is 0.209. The topological polar surface area (TPSA) is 69.1 Å². The molecule has 1 N–H and O–H groups in total. The molecule has 0 aliphatic rings. The Bertz CT molecular complexity index is 764. The van der Waals surface area contributed by atoms with Gasteiger partial charge in [-0.15, -0.1) is 0 Å². The second-order valence-corrected chi connectivity index (χ2v) is 6.76. The molecule has 0 aliphatic carbocycles. The van der Waals surface area contributed by atoms with E-state index in [1.54, 1.807) is 12.4 Å². The van der Waals surface area contributed by atoms with Gasteiger partial charge in [-0.1, -0.05) is 13.8 Å². The van der Waals surface area contributed by atoms with Gasteiger partial charge in [-0.3, -0.25) is 0 Å². The van der Waals surface area contributed by atoms with Gasteiger partial charge in [0.15, 0.2) is 0 Å². The lowest BCUT2D eigenvalue weighted by Crippen LogP contribution is -2.33. The summed E-state index contributed by atoms with van der Waals surface area (Å²) in [5.74, 6) is -0.965. The lowest BCUT2D eigenvalue weighted by atomic mass is 10.1. The molecule has 6 nitrogen and oxygen atoms in total. The molecule has 1 aromatic carbocycles. The highest BCUT2D eigenvalue weighted by Crippen LogP contribution is 2.27. The molecule has 0 atom stereocenters. The van der Waals surface area contributed by atoms with Gasteiger partial charge in [0.1, 0.15) is 5.69 Å². The molecular formula is C18H25N4O2S+. The number of azo groups is 1. The maximum absolute atomic E-state index is 11.1. The molecule has 0 aliphatic heterocycles. The Hall–Kier alpha value is -2.28. The Balaban J connectivity index is 2.22. The molecule has 134 valence electrons. The van der Waals surface area contributed by atoms with E-state index in [2.05, 4.69) is 41.1 Å². The molecule has 1 aromatic heterocycles. The Morgan fingerprint density at radius 2 is 1.92 bits per heavy atom. The third-order valence-electron chi connectivity index (χ3n) is 3.92. The van der Waals surface area contributed by atoms with Crippen LogP contribution in [-0.2, 0) is 7.05 Å². The minimum Gasteiger partial charge on any atom is -0.475 e. The van der Waals surface area contributed by atoms with Crippen molar-refractivity contribution in [2.24, 2.45) is 17.3 Å². The van der Waals surface area contributed by atoms with E-state index in [4.69, 9.17) is 5.11 Å². The summed E-state index contributed by atoms with van der Waals surface area (Å²) in [5, 5.41) is 19.7. The lowest BCUT2D eigenvalue weighted by Gasteiger charge is -2.24. The zero-order chi connectivity index (χ0) is 18.4. The third-order valence-corrected chi connectivity index (χ3v) is 4.83. The Kier molecular flexibility index (Phi) is 6.64. The highest BCUT2D eigenvalue weighted by atomic mass is 32.1. The molecule has 0 unspecified atom stereocenters. The summed E-state index contributed by atoms with van der Waals surface area (Å²) >= 11 is 1.26. The number of nitrogens with zero attached hydrogens (tertiary/aromatic N) is 4. The normalized spacial score (nSPS) is 11.2. The quantitative estimate of drug-likeness (QED) is 0.551. The number of rotatable bonds is 8. The summed E-state index contributed by atoms with van der Waals surface area (Å²) < 4.78 is 1.53. The van der Waals surface area contributed by atoms with Crippen LogP contribution in [-0.4, -0.2) is 24.2 Å². The highest BCUT2D eigenvalue weighted by Gasteiger charge is 2.20. The van der Waals surface area contributed by atoms with Crippen LogP contribution in [0.4, 0.5) is 16.5 Å². The van der Waals surface area contributed by atoms with Crippen molar-refractivity contribution >= 4 is 33.8 Å². The molecule has 0 radical (unpaired) electrons. The van der Waals surface area contributed by atoms with Crippen molar-refractivity contribution in [2.45, 2.75) is 33.6 Å². The number of carboxylic acids is 1. The number of anilines is 1. The summed E-state index contributed by atoms with van der Waals surface area (Å²) in [6.07, 6.45) is 2.22. The number of benzene rings is 1. The van der Waals surface area contributed by atoms with Crippen LogP contribution < -0.4 is 9.47 Å². The van der Waals surface area contributed by atoms with Gasteiger partial charge >= 0.3 is 11.1 Å². The fourth-order valence-electron chi connectivity index (χ4n) is 2.61. The fourth-order valence-corrected chi connectivity index (χ4v) is 3.43. The number of hydrogen-bond acceptors (Lipinski definition) is 5. The summed E-state index contributed by atoms with van der Waals surface area (Å²) in [6, 6.07) is 6.18. The Morgan fingerprint density at radius 1 is 1.24 bits per heavy atom. The zero-order valence-corrected chi connectivity index (χ0v) is 16.0. The van der Waals surface area contributed by atoms with E-state index in [-0.39, 0.29) is 5.69 Å². The van der Waals surface area contributed by atoms with Crippen molar-refractivity contribution in [1.82, 2.24) is 0 Å². The largest absolute Gasteiger partial charge is 0.475 e. The molecule has 0 amide bonds. The van der Waals surface area contributed by atoms with Crippen LogP contribution in [0, 0.1) is 6.92 Å². The maximum Gasteiger partial charge on any atom is 0.408 e. The van der Waals surface area contributed by atoms with Gasteiger partial charge in [-0.25, -0.2) is 9.36 Å². The second kappa shape index (κ2) is 8.71. The smallest absolute Gasteiger partial charge is 0.408 e. The maximum atomic E-state index is 11.1. The van der Waals surface area contributed by atoms with Crippen LogP contribution in [0.3, 0.4) is 0 Å². The number of hydrogen-bond donors (Lipinski definition) is 1. The summed E-state index contributed by atoms with van der Waals surface area (Å²) in [6.45, 7) is 8.47. The molecule has 0 saturated heterocycles. The molecule has 0 bridgehead atoms. The van der Waals surface area contributed by atoms with Gasteiger partial charge in [0.2, 0.25) is 5.69 Å². The second-order valence-electron chi connectivity index (χ2n) is 5.93. The molecule has 25 heavy (non-hydrogen) atoms. The van der Waals surface area contributed by atoms with Gasteiger partial charge in [-0.05, 0) is 60.0 Å². The molecular weight excluding hydrogens is 336 g/mol. The van der Waals surface area contributed by atoms with Gasteiger partial charge in [0.25, 0.3) is 0 Å². The molecule has 0 saturated carbocycles. The van der Waals surface area contributed by atoms with Crippen LogP contribution in [0.5, 0.6) is 0 Å². The van der Waals surface area contributed by atoms with E-state index in [1.165, 1.54) is 21.6 Å². The first-order valence-corrected chi connectivity index (χ1v) is 9.34. The number of thiazole rings is 1. The van der Waals surface area contributed by atoms with Gasteiger partial charge in [-0.2, -0.15) is 0 Å². The monoisotopic (exact) mass is 361 g/mol. The van der Waals surface area contributed by atoms with E-state index in [0.717, 1.165) is 37.2 Å². The van der Waals surface area contributed by atoms with Gasteiger partial charge in [0.05, 0.1) is 17.5 Å². The first kappa shape index (κ1) is 19.1. The van der Waals surface area contributed by atoms with E-state index in [9.17, 15) is 4.79 Å². The highest BCUT2D eigenvalue weighted by molar-refractivity contribution is 7.13. The molecule has 0 spiro atoms. The predicted molar refractivity (Wildman–Crippen MR) is 101 cm³/mol. The van der Waals surface area contributed by atoms with E-state index >= 15 is 0 Å². The van der Waals surface area contributed by atoms with Crippen molar-refractivity contribution in [3.8, 4) is 0 Å². The van der Waals surface area contributed by atoms with Crippen molar-refractivity contribution in [3.05, 3.63) is 34.8 Å². The van der Waals surface area contributed by atoms with Crippen molar-refractivity contribution in [3.63, 3.8) is 0 Å². The first-order valence-electron chi connectivity index (χ1n) is 8.46. The predicted octanol–water partition coefficient (Wildman–Crippen LogP) is 4.62. The SMILES string of the molecule is CCCN(CCC)c1ccc(N=Nc2scc(C(=O)O)[n+]2C)c(C)c1. The number of carbonyl (C=O) groups is 1. The van der Waals surface area contributed by atoms with Crippen molar-refractivity contribution < 1.29 is 14.5 Å². The Morgan fingerprint density at radius 3 is 2.44 bits per heavy atom. The third kappa shape index (κ3) is 4.63. The van der Waals surface area contributed by atoms with E-state index in [0.29, 0.717) is 5.13 Å². The van der Waals surface area contributed by atoms with Gasteiger partial charge < -0.3 is 10.0 Å². The van der Waals surface area contributed by atoms with E-state index < -0.39 is 5.97 Å². The van der Waals surface area contributed by atoms with Gasteiger partial charge in [0, 0.05) is 18.8 Å². The summed E-state index contributed by atoms with van der Waals surface area (Å²) in [7, 11) is 1.68. The Labute approximate surface area is 152 Å². The minimum atomic E-state index is -0.965. The first-order chi connectivity index (χ1) is 12.0. The molecule has 2 rings (SSSR count). The van der Waals surface area contributed by atoms with Crippen molar-refractivity contribution in [2.75, 3.05) is 18.0 Å². The molecule has 7 heteroatoms. The van der Waals surface area contributed by atoms with Crippen LogP contribution >= 0.6 is 11.3 Å². The summed E-state index contributed by atoms with van der Waals surface area (Å²) in [4.78, 5) is 13.5. The molecule has 1 heterocycles. The fraction of sp³-hybridized carbons (Fsp3) is 0.444. The number of aromatic carboxylic acids is 1. The van der Waals surface area contributed by atoms with Crippen LogP contribution in [0.1, 0.15) is 42.7 Å². The lowest BCUT2D eigenvalue weighted by molar-refractivity contribution is -0.656. The number of carboxylic acid groups (broad SMARTS) is 1. The number of aryl methyl sites for hydroxylation is 1. The molecule has 2 aromatic rings. The summed E-state index contributed by atoms with van der Waals surface area (Å²) in [5.41, 5.74) is 3.26. The average molecular weight is 361 g/mol. The van der Waals surface area contributed by atoms with Crippen LogP contribution in [0.25, 0.3) is 0 Å².